The summed E-state index contributed by atoms with van der Waals surface area (Å²) in [6.45, 7) is 3.52. The maximum absolute atomic E-state index is 6.00. The van der Waals surface area contributed by atoms with Crippen molar-refractivity contribution in [2.75, 3.05) is 11.9 Å². The van der Waals surface area contributed by atoms with Crippen LogP contribution in [0.3, 0.4) is 0 Å². The van der Waals surface area contributed by atoms with Crippen LogP contribution in [0.5, 0.6) is 0 Å². The van der Waals surface area contributed by atoms with Crippen LogP contribution in [0.2, 0.25) is 5.02 Å². The molecule has 0 radical (unpaired) electrons. The number of rotatable bonds is 3. The molecule has 1 N–H and O–H groups in total. The molecule has 2 fully saturated rings. The lowest BCUT2D eigenvalue weighted by Gasteiger charge is -2.20. The zero-order valence-corrected chi connectivity index (χ0v) is 11.0. The molecule has 1 saturated heterocycles. The largest absolute Gasteiger partial charge is 0.381 e. The number of likely N-dealkylation sites (tertiary alicyclic amines) is 1. The summed E-state index contributed by atoms with van der Waals surface area (Å²) in [6, 6.07) is 10.2. The van der Waals surface area contributed by atoms with Gasteiger partial charge in [0.25, 0.3) is 0 Å². The Hall–Kier alpha value is -0.730. The molecule has 1 aromatic rings. The van der Waals surface area contributed by atoms with Gasteiger partial charge in [-0.2, -0.15) is 0 Å². The van der Waals surface area contributed by atoms with Gasteiger partial charge in [0.05, 0.1) is 0 Å². The maximum atomic E-state index is 6.00. The van der Waals surface area contributed by atoms with Gasteiger partial charge in [-0.15, -0.1) is 0 Å². The van der Waals surface area contributed by atoms with Gasteiger partial charge >= 0.3 is 0 Å². The highest BCUT2D eigenvalue weighted by Gasteiger charge is 2.38. The second kappa shape index (κ2) is 4.51. The standard InChI is InChI=1S/C14H19ClN2/c1-10-7-13(9-17(10)14-5-6-14)16-12-4-2-3-11(15)8-12/h2-4,8,10,13-14,16H,5-7,9H2,1H3. The van der Waals surface area contributed by atoms with Crippen LogP contribution in [-0.4, -0.2) is 29.6 Å². The second-order valence-corrected chi connectivity index (χ2v) is 5.80. The van der Waals surface area contributed by atoms with Crippen molar-refractivity contribution in [1.29, 1.82) is 0 Å². The molecule has 17 heavy (non-hydrogen) atoms. The molecule has 1 saturated carbocycles. The second-order valence-electron chi connectivity index (χ2n) is 5.36. The van der Waals surface area contributed by atoms with Crippen LogP contribution < -0.4 is 5.32 Å². The summed E-state index contributed by atoms with van der Waals surface area (Å²) in [6.07, 6.45) is 4.03. The molecule has 3 heteroatoms. The Kier molecular flexibility index (Phi) is 3.01. The summed E-state index contributed by atoms with van der Waals surface area (Å²) in [5, 5.41) is 4.40. The van der Waals surface area contributed by atoms with Crippen molar-refractivity contribution in [2.45, 2.75) is 44.3 Å². The van der Waals surface area contributed by atoms with Gasteiger partial charge in [-0.3, -0.25) is 4.90 Å². The summed E-state index contributed by atoms with van der Waals surface area (Å²) in [5.41, 5.74) is 1.15. The van der Waals surface area contributed by atoms with Crippen molar-refractivity contribution in [3.05, 3.63) is 29.3 Å². The molecule has 2 unspecified atom stereocenters. The Morgan fingerprint density at radius 2 is 2.18 bits per heavy atom. The SMILES string of the molecule is CC1CC(Nc2cccc(Cl)c2)CN1C1CC1. The van der Waals surface area contributed by atoms with Crippen molar-refractivity contribution >= 4 is 17.3 Å². The minimum absolute atomic E-state index is 0.573. The van der Waals surface area contributed by atoms with Gasteiger partial charge in [-0.05, 0) is 44.4 Å². The number of halogens is 1. The summed E-state index contributed by atoms with van der Waals surface area (Å²) >= 11 is 6.00. The predicted molar refractivity (Wildman–Crippen MR) is 72.7 cm³/mol. The number of anilines is 1. The Bertz CT molecular complexity index is 403. The lowest BCUT2D eigenvalue weighted by Crippen LogP contribution is -2.30. The fraction of sp³-hybridized carbons (Fsp3) is 0.571. The minimum Gasteiger partial charge on any atom is -0.381 e. The van der Waals surface area contributed by atoms with E-state index in [1.807, 2.05) is 18.2 Å². The van der Waals surface area contributed by atoms with E-state index in [0.29, 0.717) is 6.04 Å². The van der Waals surface area contributed by atoms with Crippen LogP contribution in [0.1, 0.15) is 26.2 Å². The Morgan fingerprint density at radius 1 is 1.35 bits per heavy atom. The van der Waals surface area contributed by atoms with Crippen LogP contribution in [0.4, 0.5) is 5.69 Å². The first-order chi connectivity index (χ1) is 8.22. The molecular formula is C14H19ClN2. The summed E-state index contributed by atoms with van der Waals surface area (Å²) in [4.78, 5) is 2.65. The number of benzene rings is 1. The maximum Gasteiger partial charge on any atom is 0.0426 e. The third-order valence-electron chi connectivity index (χ3n) is 3.83. The lowest BCUT2D eigenvalue weighted by molar-refractivity contribution is 0.257. The fourth-order valence-corrected chi connectivity index (χ4v) is 3.08. The Labute approximate surface area is 108 Å². The molecule has 1 aliphatic heterocycles. The summed E-state index contributed by atoms with van der Waals surface area (Å²) in [7, 11) is 0. The normalized spacial score (nSPS) is 29.5. The van der Waals surface area contributed by atoms with Crippen LogP contribution in [0.25, 0.3) is 0 Å². The number of hydrogen-bond donors (Lipinski definition) is 1. The van der Waals surface area contributed by atoms with Crippen LogP contribution in [0, 0.1) is 0 Å². The minimum atomic E-state index is 0.573. The van der Waals surface area contributed by atoms with E-state index in [-0.39, 0.29) is 0 Å². The smallest absolute Gasteiger partial charge is 0.0426 e. The van der Waals surface area contributed by atoms with E-state index in [4.69, 9.17) is 11.6 Å². The Balaban J connectivity index is 1.63. The van der Waals surface area contributed by atoms with Crippen LogP contribution in [0.15, 0.2) is 24.3 Å². The monoisotopic (exact) mass is 250 g/mol. The molecule has 2 atom stereocenters. The summed E-state index contributed by atoms with van der Waals surface area (Å²) in [5.74, 6) is 0. The zero-order valence-electron chi connectivity index (χ0n) is 10.2. The van der Waals surface area contributed by atoms with E-state index in [2.05, 4.69) is 23.2 Å². The highest BCUT2D eigenvalue weighted by molar-refractivity contribution is 6.30. The third kappa shape index (κ3) is 2.58. The molecule has 0 spiro atoms. The summed E-state index contributed by atoms with van der Waals surface area (Å²) < 4.78 is 0. The molecular weight excluding hydrogens is 232 g/mol. The van der Waals surface area contributed by atoms with Gasteiger partial charge in [0.1, 0.15) is 0 Å². The van der Waals surface area contributed by atoms with E-state index in [1.165, 1.54) is 25.8 Å². The highest BCUT2D eigenvalue weighted by Crippen LogP contribution is 2.34. The first kappa shape index (κ1) is 11.4. The van der Waals surface area contributed by atoms with Crippen molar-refractivity contribution < 1.29 is 0 Å². The molecule has 1 aliphatic carbocycles. The third-order valence-corrected chi connectivity index (χ3v) is 4.07. The van der Waals surface area contributed by atoms with Crippen molar-refractivity contribution in [3.8, 4) is 0 Å². The molecule has 1 aromatic carbocycles. The molecule has 0 amide bonds. The topological polar surface area (TPSA) is 15.3 Å². The van der Waals surface area contributed by atoms with Gasteiger partial charge in [0, 0.05) is 35.4 Å². The average molecular weight is 251 g/mol. The number of hydrogen-bond acceptors (Lipinski definition) is 2. The van der Waals surface area contributed by atoms with Gasteiger partial charge in [0.2, 0.25) is 0 Å². The highest BCUT2D eigenvalue weighted by atomic mass is 35.5. The van der Waals surface area contributed by atoms with E-state index in [0.717, 1.165) is 22.8 Å². The average Bonchev–Trinajstić information content (AvgIpc) is 3.04. The van der Waals surface area contributed by atoms with Gasteiger partial charge in [0.15, 0.2) is 0 Å². The predicted octanol–water partition coefficient (Wildman–Crippen LogP) is 3.38. The van der Waals surface area contributed by atoms with Crippen molar-refractivity contribution in [3.63, 3.8) is 0 Å². The van der Waals surface area contributed by atoms with Crippen LogP contribution >= 0.6 is 11.6 Å². The fourth-order valence-electron chi connectivity index (χ4n) is 2.89. The first-order valence-electron chi connectivity index (χ1n) is 6.50. The molecule has 2 nitrogen and oxygen atoms in total. The van der Waals surface area contributed by atoms with Crippen molar-refractivity contribution in [2.24, 2.45) is 0 Å². The van der Waals surface area contributed by atoms with Gasteiger partial charge in [-0.1, -0.05) is 17.7 Å². The first-order valence-corrected chi connectivity index (χ1v) is 6.88. The van der Waals surface area contributed by atoms with Gasteiger partial charge in [-0.25, -0.2) is 0 Å². The Morgan fingerprint density at radius 3 is 2.88 bits per heavy atom. The zero-order chi connectivity index (χ0) is 11.8. The van der Waals surface area contributed by atoms with E-state index in [1.54, 1.807) is 0 Å². The van der Waals surface area contributed by atoms with Gasteiger partial charge < -0.3 is 5.32 Å². The molecule has 0 aromatic heterocycles. The number of nitrogens with zero attached hydrogens (tertiary/aromatic N) is 1. The van der Waals surface area contributed by atoms with Crippen LogP contribution in [-0.2, 0) is 0 Å². The van der Waals surface area contributed by atoms with Crippen molar-refractivity contribution in [1.82, 2.24) is 4.90 Å². The number of nitrogens with one attached hydrogen (secondary N) is 1. The molecule has 1 heterocycles. The van der Waals surface area contributed by atoms with E-state index >= 15 is 0 Å². The molecule has 3 rings (SSSR count). The molecule has 92 valence electrons. The quantitative estimate of drug-likeness (QED) is 0.885. The molecule has 2 aliphatic rings. The molecule has 0 bridgehead atoms. The lowest BCUT2D eigenvalue weighted by atomic mass is 10.2. The van der Waals surface area contributed by atoms with E-state index < -0.39 is 0 Å². The van der Waals surface area contributed by atoms with E-state index in [9.17, 15) is 0 Å².